The quantitative estimate of drug-likeness (QED) is 0.768. The van der Waals surface area contributed by atoms with Gasteiger partial charge in [-0.25, -0.2) is 4.79 Å². The highest BCUT2D eigenvalue weighted by Gasteiger charge is 2.25. The molecule has 3 nitrogen and oxygen atoms in total. The summed E-state index contributed by atoms with van der Waals surface area (Å²) in [5.74, 6) is 0.665. The summed E-state index contributed by atoms with van der Waals surface area (Å²) in [4.78, 5) is 14.0. The van der Waals surface area contributed by atoms with Crippen LogP contribution in [0, 0.1) is 5.92 Å². The molecule has 1 N–H and O–H groups in total. The van der Waals surface area contributed by atoms with E-state index < -0.39 is 0 Å². The average molecular weight is 226 g/mol. The molecule has 0 atom stereocenters. The Hall–Kier alpha value is -0.730. The zero-order valence-electron chi connectivity index (χ0n) is 11.0. The second-order valence-corrected chi connectivity index (χ2v) is 5.15. The molecule has 0 bridgehead atoms. The molecule has 0 radical (unpaired) electrons. The van der Waals surface area contributed by atoms with E-state index in [1.54, 1.807) is 0 Å². The van der Waals surface area contributed by atoms with Gasteiger partial charge in [0.1, 0.15) is 0 Å². The van der Waals surface area contributed by atoms with Crippen molar-refractivity contribution in [1.29, 1.82) is 0 Å². The van der Waals surface area contributed by atoms with E-state index in [1.807, 2.05) is 6.92 Å². The van der Waals surface area contributed by atoms with Crippen molar-refractivity contribution in [3.63, 3.8) is 0 Å². The lowest BCUT2D eigenvalue weighted by Crippen LogP contribution is -2.45. The Morgan fingerprint density at radius 2 is 2.00 bits per heavy atom. The van der Waals surface area contributed by atoms with Crippen molar-refractivity contribution in [2.75, 3.05) is 13.1 Å². The van der Waals surface area contributed by atoms with Crippen LogP contribution in [0.4, 0.5) is 4.79 Å². The molecule has 0 heterocycles. The molecule has 1 aliphatic carbocycles. The van der Waals surface area contributed by atoms with E-state index in [1.165, 1.54) is 25.7 Å². The smallest absolute Gasteiger partial charge is 0.317 e. The van der Waals surface area contributed by atoms with Gasteiger partial charge in [0.25, 0.3) is 0 Å². The van der Waals surface area contributed by atoms with E-state index in [-0.39, 0.29) is 6.03 Å². The predicted molar refractivity (Wildman–Crippen MR) is 67.5 cm³/mol. The van der Waals surface area contributed by atoms with Crippen LogP contribution in [0.3, 0.4) is 0 Å². The van der Waals surface area contributed by atoms with Crippen LogP contribution in [0.5, 0.6) is 0 Å². The summed E-state index contributed by atoms with van der Waals surface area (Å²) >= 11 is 0. The Balaban J connectivity index is 2.49. The SMILES string of the molecule is CCNC(=O)N(CCC(C)C)C1CCCC1. The number of nitrogens with zero attached hydrogens (tertiary/aromatic N) is 1. The van der Waals surface area contributed by atoms with E-state index in [0.29, 0.717) is 12.0 Å². The fourth-order valence-electron chi connectivity index (χ4n) is 2.32. The Kier molecular flexibility index (Phi) is 5.64. The molecule has 0 aliphatic heterocycles. The Morgan fingerprint density at radius 3 is 2.50 bits per heavy atom. The first-order valence-electron chi connectivity index (χ1n) is 6.69. The molecule has 1 rings (SSSR count). The number of carbonyl (C=O) groups is 1. The molecular formula is C13H26N2O. The van der Waals surface area contributed by atoms with Crippen LogP contribution in [0.2, 0.25) is 0 Å². The molecule has 0 aromatic rings. The molecule has 1 fully saturated rings. The zero-order chi connectivity index (χ0) is 12.0. The summed E-state index contributed by atoms with van der Waals surface area (Å²) in [5.41, 5.74) is 0. The van der Waals surface area contributed by atoms with Crippen molar-refractivity contribution in [2.24, 2.45) is 5.92 Å². The monoisotopic (exact) mass is 226 g/mol. The second kappa shape index (κ2) is 6.77. The molecule has 2 amide bonds. The van der Waals surface area contributed by atoms with E-state index in [0.717, 1.165) is 19.5 Å². The molecule has 0 spiro atoms. The van der Waals surface area contributed by atoms with E-state index >= 15 is 0 Å². The fraction of sp³-hybridized carbons (Fsp3) is 0.923. The summed E-state index contributed by atoms with van der Waals surface area (Å²) in [6.45, 7) is 8.04. The van der Waals surface area contributed by atoms with E-state index in [2.05, 4.69) is 24.1 Å². The predicted octanol–water partition coefficient (Wildman–Crippen LogP) is 3.01. The van der Waals surface area contributed by atoms with Crippen LogP contribution in [0.1, 0.15) is 52.9 Å². The van der Waals surface area contributed by atoms with Crippen molar-refractivity contribution in [1.82, 2.24) is 10.2 Å². The lowest BCUT2D eigenvalue weighted by atomic mass is 10.1. The van der Waals surface area contributed by atoms with Gasteiger partial charge in [0.05, 0.1) is 0 Å². The number of hydrogen-bond acceptors (Lipinski definition) is 1. The summed E-state index contributed by atoms with van der Waals surface area (Å²) in [6.07, 6.45) is 6.04. The summed E-state index contributed by atoms with van der Waals surface area (Å²) in [7, 11) is 0. The largest absolute Gasteiger partial charge is 0.338 e. The number of nitrogens with one attached hydrogen (secondary N) is 1. The molecule has 0 aromatic carbocycles. The normalized spacial score (nSPS) is 16.8. The first-order chi connectivity index (χ1) is 7.65. The highest BCUT2D eigenvalue weighted by atomic mass is 16.2. The topological polar surface area (TPSA) is 32.3 Å². The zero-order valence-corrected chi connectivity index (χ0v) is 11.0. The first kappa shape index (κ1) is 13.3. The summed E-state index contributed by atoms with van der Waals surface area (Å²) < 4.78 is 0. The van der Waals surface area contributed by atoms with E-state index in [4.69, 9.17) is 0 Å². The van der Waals surface area contributed by atoms with Gasteiger partial charge in [0.2, 0.25) is 0 Å². The third kappa shape index (κ3) is 4.03. The Bertz CT molecular complexity index is 210. The molecule has 1 aliphatic rings. The molecule has 0 unspecified atom stereocenters. The van der Waals surface area contributed by atoms with Gasteiger partial charge < -0.3 is 10.2 Å². The summed E-state index contributed by atoms with van der Waals surface area (Å²) in [5, 5.41) is 2.93. The van der Waals surface area contributed by atoms with E-state index in [9.17, 15) is 4.79 Å². The van der Waals surface area contributed by atoms with Crippen LogP contribution >= 0.6 is 0 Å². The number of amides is 2. The van der Waals surface area contributed by atoms with Crippen molar-refractivity contribution < 1.29 is 4.79 Å². The second-order valence-electron chi connectivity index (χ2n) is 5.15. The molecule has 0 saturated heterocycles. The minimum absolute atomic E-state index is 0.134. The van der Waals surface area contributed by atoms with Gasteiger partial charge in [-0.2, -0.15) is 0 Å². The maximum Gasteiger partial charge on any atom is 0.317 e. The maximum atomic E-state index is 12.0. The molecule has 0 aromatic heterocycles. The Labute approximate surface area is 99.6 Å². The van der Waals surface area contributed by atoms with Crippen molar-refractivity contribution in [3.05, 3.63) is 0 Å². The van der Waals surface area contributed by atoms with Gasteiger partial charge in [-0.3, -0.25) is 0 Å². The summed E-state index contributed by atoms with van der Waals surface area (Å²) in [6, 6.07) is 0.625. The lowest BCUT2D eigenvalue weighted by molar-refractivity contribution is 0.171. The third-order valence-corrected chi connectivity index (χ3v) is 3.30. The number of urea groups is 1. The average Bonchev–Trinajstić information content (AvgIpc) is 2.71. The Morgan fingerprint density at radius 1 is 1.38 bits per heavy atom. The van der Waals surface area contributed by atoms with Gasteiger partial charge in [-0.15, -0.1) is 0 Å². The van der Waals surface area contributed by atoms with Gasteiger partial charge in [-0.1, -0.05) is 26.7 Å². The lowest BCUT2D eigenvalue weighted by Gasteiger charge is -2.29. The number of rotatable bonds is 5. The highest BCUT2D eigenvalue weighted by molar-refractivity contribution is 5.74. The van der Waals surface area contributed by atoms with Crippen LogP contribution in [0.15, 0.2) is 0 Å². The fourth-order valence-corrected chi connectivity index (χ4v) is 2.32. The van der Waals surface area contributed by atoms with Gasteiger partial charge in [-0.05, 0) is 32.1 Å². The van der Waals surface area contributed by atoms with Crippen LogP contribution in [0.25, 0.3) is 0 Å². The van der Waals surface area contributed by atoms with Crippen LogP contribution in [-0.4, -0.2) is 30.1 Å². The number of hydrogen-bond donors (Lipinski definition) is 1. The van der Waals surface area contributed by atoms with Gasteiger partial charge in [0, 0.05) is 19.1 Å². The highest BCUT2D eigenvalue weighted by Crippen LogP contribution is 2.24. The molecule has 16 heavy (non-hydrogen) atoms. The minimum atomic E-state index is 0.134. The van der Waals surface area contributed by atoms with Crippen molar-refractivity contribution in [2.45, 2.75) is 58.9 Å². The van der Waals surface area contributed by atoms with Gasteiger partial charge in [0.15, 0.2) is 0 Å². The first-order valence-corrected chi connectivity index (χ1v) is 6.69. The van der Waals surface area contributed by atoms with Crippen LogP contribution < -0.4 is 5.32 Å². The minimum Gasteiger partial charge on any atom is -0.338 e. The molecular weight excluding hydrogens is 200 g/mol. The van der Waals surface area contributed by atoms with Crippen molar-refractivity contribution >= 4 is 6.03 Å². The van der Waals surface area contributed by atoms with Gasteiger partial charge >= 0.3 is 6.03 Å². The third-order valence-electron chi connectivity index (χ3n) is 3.30. The van der Waals surface area contributed by atoms with Crippen LogP contribution in [-0.2, 0) is 0 Å². The maximum absolute atomic E-state index is 12.0. The number of carbonyl (C=O) groups excluding carboxylic acids is 1. The molecule has 1 saturated carbocycles. The molecule has 94 valence electrons. The van der Waals surface area contributed by atoms with Crippen molar-refractivity contribution in [3.8, 4) is 0 Å². The standard InChI is InChI=1S/C13H26N2O/c1-4-14-13(16)15(10-9-11(2)3)12-7-5-6-8-12/h11-12H,4-10H2,1-3H3,(H,14,16). The molecule has 3 heteroatoms.